The van der Waals surface area contributed by atoms with Gasteiger partial charge in [-0.05, 0) is 37.5 Å². The molecule has 98 valence electrons. The molecule has 0 heterocycles. The van der Waals surface area contributed by atoms with Crippen molar-refractivity contribution in [1.82, 2.24) is 0 Å². The van der Waals surface area contributed by atoms with Crippen molar-refractivity contribution < 1.29 is 4.74 Å². The Morgan fingerprint density at radius 1 is 1.35 bits per heavy atom. The molecule has 0 aliphatic heterocycles. The molecular formula is C15H27NO. The molecule has 2 nitrogen and oxygen atoms in total. The van der Waals surface area contributed by atoms with Crippen molar-refractivity contribution in [2.24, 2.45) is 17.8 Å². The largest absolute Gasteiger partial charge is 0.377 e. The fourth-order valence-electron chi connectivity index (χ4n) is 2.67. The maximum Gasteiger partial charge on any atom is 0.0735 e. The van der Waals surface area contributed by atoms with Crippen LogP contribution in [0.15, 0.2) is 0 Å². The van der Waals surface area contributed by atoms with Gasteiger partial charge in [0.05, 0.1) is 18.1 Å². The molecule has 0 saturated heterocycles. The SMILES string of the molecule is CCCC1CCC(C#N)C(OCCC(C)C)C1. The smallest absolute Gasteiger partial charge is 0.0735 e. The van der Waals surface area contributed by atoms with Gasteiger partial charge in [-0.3, -0.25) is 0 Å². The Balaban J connectivity index is 2.38. The molecule has 17 heavy (non-hydrogen) atoms. The summed E-state index contributed by atoms with van der Waals surface area (Å²) in [5, 5.41) is 9.16. The van der Waals surface area contributed by atoms with Crippen molar-refractivity contribution in [2.75, 3.05) is 6.61 Å². The fourth-order valence-corrected chi connectivity index (χ4v) is 2.67. The summed E-state index contributed by atoms with van der Waals surface area (Å²) < 4.78 is 5.95. The molecule has 0 aromatic heterocycles. The normalized spacial score (nSPS) is 29.2. The quantitative estimate of drug-likeness (QED) is 0.695. The zero-order chi connectivity index (χ0) is 12.7. The summed E-state index contributed by atoms with van der Waals surface area (Å²) in [7, 11) is 0. The molecule has 3 atom stereocenters. The minimum atomic E-state index is 0.135. The summed E-state index contributed by atoms with van der Waals surface area (Å²) >= 11 is 0. The lowest BCUT2D eigenvalue weighted by atomic mass is 9.78. The van der Waals surface area contributed by atoms with Gasteiger partial charge in [-0.1, -0.05) is 33.6 Å². The van der Waals surface area contributed by atoms with Gasteiger partial charge in [0, 0.05) is 6.61 Å². The van der Waals surface area contributed by atoms with Crippen LogP contribution in [-0.4, -0.2) is 12.7 Å². The monoisotopic (exact) mass is 237 g/mol. The third-order valence-corrected chi connectivity index (χ3v) is 3.79. The van der Waals surface area contributed by atoms with Crippen LogP contribution in [0.1, 0.15) is 59.3 Å². The molecule has 0 amide bonds. The second-order valence-corrected chi connectivity index (χ2v) is 5.80. The van der Waals surface area contributed by atoms with Crippen LogP contribution in [0.2, 0.25) is 0 Å². The lowest BCUT2D eigenvalue weighted by molar-refractivity contribution is -0.0147. The van der Waals surface area contributed by atoms with Crippen molar-refractivity contribution in [3.63, 3.8) is 0 Å². The van der Waals surface area contributed by atoms with Gasteiger partial charge in [0.1, 0.15) is 0 Å². The van der Waals surface area contributed by atoms with Crippen LogP contribution in [-0.2, 0) is 4.74 Å². The van der Waals surface area contributed by atoms with Gasteiger partial charge in [0.25, 0.3) is 0 Å². The van der Waals surface area contributed by atoms with Crippen molar-refractivity contribution in [2.45, 2.75) is 65.4 Å². The predicted molar refractivity (Wildman–Crippen MR) is 70.5 cm³/mol. The molecule has 0 spiro atoms. The second-order valence-electron chi connectivity index (χ2n) is 5.80. The molecule has 0 aromatic rings. The van der Waals surface area contributed by atoms with E-state index in [-0.39, 0.29) is 12.0 Å². The fraction of sp³-hybridized carbons (Fsp3) is 0.933. The lowest BCUT2D eigenvalue weighted by Crippen LogP contribution is -2.31. The number of rotatable bonds is 6. The van der Waals surface area contributed by atoms with E-state index in [2.05, 4.69) is 26.8 Å². The van der Waals surface area contributed by atoms with Gasteiger partial charge in [-0.15, -0.1) is 0 Å². The van der Waals surface area contributed by atoms with E-state index in [9.17, 15) is 0 Å². The van der Waals surface area contributed by atoms with Crippen LogP contribution in [0, 0.1) is 29.1 Å². The first-order valence-corrected chi connectivity index (χ1v) is 7.18. The molecule has 1 aliphatic rings. The Kier molecular flexibility index (Phi) is 6.58. The minimum absolute atomic E-state index is 0.135. The van der Waals surface area contributed by atoms with Gasteiger partial charge < -0.3 is 4.74 Å². The summed E-state index contributed by atoms with van der Waals surface area (Å²) in [6.07, 6.45) is 7.20. The van der Waals surface area contributed by atoms with Gasteiger partial charge >= 0.3 is 0 Å². The van der Waals surface area contributed by atoms with Crippen LogP contribution in [0.25, 0.3) is 0 Å². The molecule has 1 fully saturated rings. The summed E-state index contributed by atoms with van der Waals surface area (Å²) in [5.74, 6) is 1.61. The summed E-state index contributed by atoms with van der Waals surface area (Å²) in [6, 6.07) is 2.43. The van der Waals surface area contributed by atoms with E-state index in [0.717, 1.165) is 31.8 Å². The highest BCUT2D eigenvalue weighted by atomic mass is 16.5. The first kappa shape index (κ1) is 14.5. The van der Waals surface area contributed by atoms with E-state index in [4.69, 9.17) is 10.00 Å². The average molecular weight is 237 g/mol. The molecule has 1 aliphatic carbocycles. The highest BCUT2D eigenvalue weighted by Gasteiger charge is 2.30. The molecule has 2 heteroatoms. The standard InChI is InChI=1S/C15H27NO/c1-4-5-13-6-7-14(11-16)15(10-13)17-9-8-12(2)3/h12-15H,4-10H2,1-3H3. The van der Waals surface area contributed by atoms with Gasteiger partial charge in [-0.25, -0.2) is 0 Å². The first-order valence-electron chi connectivity index (χ1n) is 7.18. The van der Waals surface area contributed by atoms with E-state index >= 15 is 0 Å². The highest BCUT2D eigenvalue weighted by molar-refractivity contribution is 4.93. The number of nitriles is 1. The average Bonchev–Trinajstić information content (AvgIpc) is 2.29. The van der Waals surface area contributed by atoms with Crippen LogP contribution >= 0.6 is 0 Å². The molecule has 0 aromatic carbocycles. The maximum absolute atomic E-state index is 9.16. The number of nitrogens with zero attached hydrogens (tertiary/aromatic N) is 1. The molecule has 0 bridgehead atoms. The third-order valence-electron chi connectivity index (χ3n) is 3.79. The van der Waals surface area contributed by atoms with Crippen LogP contribution in [0.5, 0.6) is 0 Å². The van der Waals surface area contributed by atoms with E-state index in [1.54, 1.807) is 0 Å². The van der Waals surface area contributed by atoms with Crippen molar-refractivity contribution in [1.29, 1.82) is 5.26 Å². The second kappa shape index (κ2) is 7.71. The van der Waals surface area contributed by atoms with E-state index < -0.39 is 0 Å². The molecule has 3 unspecified atom stereocenters. The molecule has 0 N–H and O–H groups in total. The third kappa shape index (κ3) is 5.08. The van der Waals surface area contributed by atoms with Crippen LogP contribution < -0.4 is 0 Å². The molecular weight excluding hydrogens is 210 g/mol. The van der Waals surface area contributed by atoms with Crippen molar-refractivity contribution >= 4 is 0 Å². The first-order chi connectivity index (χ1) is 8.17. The Morgan fingerprint density at radius 3 is 2.71 bits per heavy atom. The molecule has 0 radical (unpaired) electrons. The minimum Gasteiger partial charge on any atom is -0.377 e. The van der Waals surface area contributed by atoms with E-state index in [1.165, 1.54) is 19.3 Å². The molecule has 1 saturated carbocycles. The Hall–Kier alpha value is -0.550. The van der Waals surface area contributed by atoms with Crippen molar-refractivity contribution in [3.8, 4) is 6.07 Å². The lowest BCUT2D eigenvalue weighted by Gasteiger charge is -2.32. The molecule has 1 rings (SSSR count). The predicted octanol–water partition coefficient (Wildman–Crippen LogP) is 4.16. The van der Waals surface area contributed by atoms with Gasteiger partial charge in [-0.2, -0.15) is 5.26 Å². The summed E-state index contributed by atoms with van der Waals surface area (Å²) in [6.45, 7) is 7.49. The van der Waals surface area contributed by atoms with Gasteiger partial charge in [0.15, 0.2) is 0 Å². The summed E-state index contributed by atoms with van der Waals surface area (Å²) in [5.41, 5.74) is 0. The zero-order valence-electron chi connectivity index (χ0n) is 11.6. The number of hydrogen-bond acceptors (Lipinski definition) is 2. The topological polar surface area (TPSA) is 33.0 Å². The maximum atomic E-state index is 9.16. The van der Waals surface area contributed by atoms with Crippen molar-refractivity contribution in [3.05, 3.63) is 0 Å². The highest BCUT2D eigenvalue weighted by Crippen LogP contribution is 2.33. The van der Waals surface area contributed by atoms with E-state index in [1.807, 2.05) is 0 Å². The van der Waals surface area contributed by atoms with Crippen LogP contribution in [0.3, 0.4) is 0 Å². The Labute approximate surface area is 106 Å². The Morgan fingerprint density at radius 2 is 2.12 bits per heavy atom. The van der Waals surface area contributed by atoms with Gasteiger partial charge in [0.2, 0.25) is 0 Å². The zero-order valence-corrected chi connectivity index (χ0v) is 11.6. The van der Waals surface area contributed by atoms with Crippen LogP contribution in [0.4, 0.5) is 0 Å². The number of ether oxygens (including phenoxy) is 1. The Bertz CT molecular complexity index is 244. The number of hydrogen-bond donors (Lipinski definition) is 0. The van der Waals surface area contributed by atoms with E-state index in [0.29, 0.717) is 5.92 Å². The summed E-state index contributed by atoms with van der Waals surface area (Å²) in [4.78, 5) is 0.